The summed E-state index contributed by atoms with van der Waals surface area (Å²) in [6.45, 7) is 10.1. The third kappa shape index (κ3) is 5.18. The second-order valence-electron chi connectivity index (χ2n) is 4.89. The number of rotatable bonds is 5. The first-order valence-corrected chi connectivity index (χ1v) is 6.72. The van der Waals surface area contributed by atoms with Crippen LogP contribution in [0.25, 0.3) is 0 Å². The number of likely N-dealkylation sites (tertiary alicyclic amines) is 1. The molecular formula is C14H24ClN. The summed E-state index contributed by atoms with van der Waals surface area (Å²) in [5.74, 6) is 0.872. The van der Waals surface area contributed by atoms with Crippen LogP contribution in [-0.2, 0) is 0 Å². The van der Waals surface area contributed by atoms with Crippen LogP contribution in [-0.4, -0.2) is 29.9 Å². The van der Waals surface area contributed by atoms with Gasteiger partial charge in [0.25, 0.3) is 0 Å². The lowest BCUT2D eigenvalue weighted by Crippen LogP contribution is -2.22. The van der Waals surface area contributed by atoms with Gasteiger partial charge in [-0.25, -0.2) is 0 Å². The molecule has 0 saturated carbocycles. The molecule has 0 spiro atoms. The second-order valence-corrected chi connectivity index (χ2v) is 5.57. The molecular weight excluding hydrogens is 218 g/mol. The highest BCUT2D eigenvalue weighted by Crippen LogP contribution is 2.17. The Morgan fingerprint density at radius 2 is 2.31 bits per heavy atom. The molecule has 0 aromatic rings. The summed E-state index contributed by atoms with van der Waals surface area (Å²) < 4.78 is 0. The molecule has 1 heterocycles. The van der Waals surface area contributed by atoms with Crippen molar-refractivity contribution < 1.29 is 0 Å². The van der Waals surface area contributed by atoms with E-state index < -0.39 is 0 Å². The molecule has 0 aliphatic carbocycles. The number of allylic oxidation sites excluding steroid dienone is 3. The minimum Gasteiger partial charge on any atom is -0.299 e. The van der Waals surface area contributed by atoms with Gasteiger partial charge in [-0.1, -0.05) is 30.7 Å². The Balaban J connectivity index is 2.32. The molecule has 0 amide bonds. The lowest BCUT2D eigenvalue weighted by Gasteiger charge is -2.16. The highest BCUT2D eigenvalue weighted by atomic mass is 35.5. The Labute approximate surface area is 105 Å². The van der Waals surface area contributed by atoms with Gasteiger partial charge in [0.2, 0.25) is 0 Å². The van der Waals surface area contributed by atoms with E-state index >= 15 is 0 Å². The van der Waals surface area contributed by atoms with Crippen LogP contribution in [0.3, 0.4) is 0 Å². The van der Waals surface area contributed by atoms with Crippen LogP contribution < -0.4 is 0 Å². The quantitative estimate of drug-likeness (QED) is 0.522. The molecule has 2 unspecified atom stereocenters. The molecule has 1 aliphatic heterocycles. The SMILES string of the molecule is C/C=C(\C/C=C\C(C)Cl)CN1CCC(C)C1. The number of hydrogen-bond acceptors (Lipinski definition) is 1. The van der Waals surface area contributed by atoms with Crippen molar-refractivity contribution in [3.63, 3.8) is 0 Å². The lowest BCUT2D eigenvalue weighted by atomic mass is 10.1. The normalized spacial score (nSPS) is 25.5. The van der Waals surface area contributed by atoms with Crippen molar-refractivity contribution in [2.45, 2.75) is 39.0 Å². The minimum absolute atomic E-state index is 0.143. The molecule has 0 bridgehead atoms. The van der Waals surface area contributed by atoms with Crippen molar-refractivity contribution in [1.29, 1.82) is 0 Å². The Morgan fingerprint density at radius 1 is 1.56 bits per heavy atom. The van der Waals surface area contributed by atoms with Gasteiger partial charge >= 0.3 is 0 Å². The van der Waals surface area contributed by atoms with Gasteiger partial charge in [0.05, 0.1) is 0 Å². The van der Waals surface area contributed by atoms with E-state index in [0.717, 1.165) is 18.9 Å². The van der Waals surface area contributed by atoms with Crippen LogP contribution in [0.15, 0.2) is 23.8 Å². The Kier molecular flexibility index (Phi) is 6.15. The first-order valence-electron chi connectivity index (χ1n) is 6.29. The van der Waals surface area contributed by atoms with E-state index in [-0.39, 0.29) is 5.38 Å². The first kappa shape index (κ1) is 13.8. The van der Waals surface area contributed by atoms with E-state index in [2.05, 4.69) is 37.0 Å². The predicted octanol–water partition coefficient (Wildman–Crippen LogP) is 3.85. The average Bonchev–Trinajstić information content (AvgIpc) is 2.62. The Hall–Kier alpha value is -0.270. The summed E-state index contributed by atoms with van der Waals surface area (Å²) in [5, 5.41) is 0.143. The van der Waals surface area contributed by atoms with Gasteiger partial charge < -0.3 is 0 Å². The molecule has 0 aromatic heterocycles. The molecule has 1 nitrogen and oxygen atoms in total. The minimum atomic E-state index is 0.143. The van der Waals surface area contributed by atoms with Crippen molar-refractivity contribution in [2.24, 2.45) is 5.92 Å². The maximum Gasteiger partial charge on any atom is 0.0487 e. The van der Waals surface area contributed by atoms with Crippen LogP contribution in [0, 0.1) is 5.92 Å². The van der Waals surface area contributed by atoms with Crippen molar-refractivity contribution >= 4 is 11.6 Å². The highest BCUT2D eigenvalue weighted by Gasteiger charge is 2.18. The molecule has 1 saturated heterocycles. The summed E-state index contributed by atoms with van der Waals surface area (Å²) in [5.41, 5.74) is 1.50. The number of alkyl halides is 1. The zero-order valence-corrected chi connectivity index (χ0v) is 11.5. The van der Waals surface area contributed by atoms with Gasteiger partial charge in [0.1, 0.15) is 0 Å². The van der Waals surface area contributed by atoms with Crippen LogP contribution in [0.1, 0.15) is 33.6 Å². The first-order chi connectivity index (χ1) is 7.61. The highest BCUT2D eigenvalue weighted by molar-refractivity contribution is 6.21. The standard InChI is InChI=1S/C14H24ClN/c1-4-14(7-5-6-13(3)15)11-16-9-8-12(2)10-16/h4-6,12-13H,7-11H2,1-3H3/b6-5-,14-4+. The fraction of sp³-hybridized carbons (Fsp3) is 0.714. The van der Waals surface area contributed by atoms with E-state index in [1.165, 1.54) is 25.1 Å². The van der Waals surface area contributed by atoms with E-state index in [9.17, 15) is 0 Å². The van der Waals surface area contributed by atoms with Crippen LogP contribution in [0.2, 0.25) is 0 Å². The number of hydrogen-bond donors (Lipinski definition) is 0. The predicted molar refractivity (Wildman–Crippen MR) is 73.1 cm³/mol. The molecule has 0 radical (unpaired) electrons. The molecule has 1 rings (SSSR count). The smallest absolute Gasteiger partial charge is 0.0487 e. The summed E-state index contributed by atoms with van der Waals surface area (Å²) in [4.78, 5) is 2.55. The van der Waals surface area contributed by atoms with Crippen molar-refractivity contribution in [2.75, 3.05) is 19.6 Å². The van der Waals surface area contributed by atoms with Gasteiger partial charge in [0.15, 0.2) is 0 Å². The van der Waals surface area contributed by atoms with E-state index in [4.69, 9.17) is 11.6 Å². The van der Waals surface area contributed by atoms with Gasteiger partial charge in [-0.3, -0.25) is 4.90 Å². The van der Waals surface area contributed by atoms with Crippen LogP contribution >= 0.6 is 11.6 Å². The van der Waals surface area contributed by atoms with E-state index in [0.29, 0.717) is 0 Å². The largest absolute Gasteiger partial charge is 0.299 e. The molecule has 92 valence electrons. The summed E-state index contributed by atoms with van der Waals surface area (Å²) in [6.07, 6.45) is 8.89. The summed E-state index contributed by atoms with van der Waals surface area (Å²) in [6, 6.07) is 0. The third-order valence-electron chi connectivity index (χ3n) is 3.12. The fourth-order valence-electron chi connectivity index (χ4n) is 2.14. The lowest BCUT2D eigenvalue weighted by molar-refractivity contribution is 0.354. The molecule has 16 heavy (non-hydrogen) atoms. The number of halogens is 1. The topological polar surface area (TPSA) is 3.24 Å². The fourth-order valence-corrected chi connectivity index (χ4v) is 2.24. The average molecular weight is 242 g/mol. The molecule has 0 N–H and O–H groups in total. The maximum absolute atomic E-state index is 5.88. The number of nitrogens with zero attached hydrogens (tertiary/aromatic N) is 1. The molecule has 1 fully saturated rings. The van der Waals surface area contributed by atoms with Gasteiger partial charge in [-0.05, 0) is 39.2 Å². The van der Waals surface area contributed by atoms with Crippen molar-refractivity contribution in [1.82, 2.24) is 4.90 Å². The van der Waals surface area contributed by atoms with E-state index in [1.807, 2.05) is 6.92 Å². The Bertz CT molecular complexity index is 255. The maximum atomic E-state index is 5.88. The Morgan fingerprint density at radius 3 is 2.81 bits per heavy atom. The van der Waals surface area contributed by atoms with Gasteiger partial charge in [-0.15, -0.1) is 11.6 Å². The third-order valence-corrected chi connectivity index (χ3v) is 3.27. The van der Waals surface area contributed by atoms with Crippen LogP contribution in [0.4, 0.5) is 0 Å². The second kappa shape index (κ2) is 7.13. The van der Waals surface area contributed by atoms with Crippen molar-refractivity contribution in [3.05, 3.63) is 23.8 Å². The van der Waals surface area contributed by atoms with E-state index in [1.54, 1.807) is 0 Å². The van der Waals surface area contributed by atoms with Gasteiger partial charge in [-0.2, -0.15) is 0 Å². The van der Waals surface area contributed by atoms with Crippen molar-refractivity contribution in [3.8, 4) is 0 Å². The molecule has 2 atom stereocenters. The molecule has 0 aromatic carbocycles. The summed E-state index contributed by atoms with van der Waals surface area (Å²) in [7, 11) is 0. The monoisotopic (exact) mass is 241 g/mol. The van der Waals surface area contributed by atoms with Crippen LogP contribution in [0.5, 0.6) is 0 Å². The summed E-state index contributed by atoms with van der Waals surface area (Å²) >= 11 is 5.88. The van der Waals surface area contributed by atoms with Gasteiger partial charge in [0, 0.05) is 18.5 Å². The zero-order chi connectivity index (χ0) is 12.0. The molecule has 2 heteroatoms. The zero-order valence-electron chi connectivity index (χ0n) is 10.7. The molecule has 1 aliphatic rings.